The number of phenols is 3. The number of hydrogen-bond donors (Lipinski definition) is 4. The lowest BCUT2D eigenvalue weighted by Crippen LogP contribution is -2.07. The zero-order valence-electron chi connectivity index (χ0n) is 18.5. The molecule has 1 saturated carbocycles. The van der Waals surface area contributed by atoms with Crippen LogP contribution in [-0.4, -0.2) is 21.4 Å². The monoisotopic (exact) mass is 399 g/mol. The Morgan fingerprint density at radius 2 is 1.72 bits per heavy atom. The predicted molar refractivity (Wildman–Crippen MR) is 123 cm³/mol. The van der Waals surface area contributed by atoms with Crippen LogP contribution in [0.1, 0.15) is 77.8 Å². The van der Waals surface area contributed by atoms with Crippen LogP contribution in [0, 0.1) is 5.92 Å². The van der Waals surface area contributed by atoms with Crippen molar-refractivity contribution in [3.63, 3.8) is 0 Å². The van der Waals surface area contributed by atoms with E-state index in [1.807, 2.05) is 12.2 Å². The van der Waals surface area contributed by atoms with Crippen molar-refractivity contribution in [2.45, 2.75) is 79.2 Å². The Bertz CT molecular complexity index is 801. The van der Waals surface area contributed by atoms with E-state index in [9.17, 15) is 15.3 Å². The summed E-state index contributed by atoms with van der Waals surface area (Å²) in [7, 11) is 0. The molecule has 4 heteroatoms. The van der Waals surface area contributed by atoms with Gasteiger partial charge in [0, 0.05) is 17.2 Å². The molecule has 1 fully saturated rings. The van der Waals surface area contributed by atoms with Gasteiger partial charge in [-0.1, -0.05) is 55.7 Å². The first-order valence-electron chi connectivity index (χ1n) is 10.8. The summed E-state index contributed by atoms with van der Waals surface area (Å²) in [5.74, 6) is 0.167. The first-order chi connectivity index (χ1) is 13.8. The maximum Gasteiger partial charge on any atom is 0.167 e. The lowest BCUT2D eigenvalue weighted by molar-refractivity contribution is 0.390. The van der Waals surface area contributed by atoms with Crippen molar-refractivity contribution in [2.75, 3.05) is 5.32 Å². The van der Waals surface area contributed by atoms with E-state index in [1.54, 1.807) is 6.08 Å². The average Bonchev–Trinajstić information content (AvgIpc) is 3.36. The van der Waals surface area contributed by atoms with Gasteiger partial charge in [0.25, 0.3) is 0 Å². The van der Waals surface area contributed by atoms with E-state index < -0.39 is 0 Å². The number of hydrogen-bond acceptors (Lipinski definition) is 4. The van der Waals surface area contributed by atoms with Crippen LogP contribution in [-0.2, 0) is 6.42 Å². The van der Waals surface area contributed by atoms with E-state index in [2.05, 4.69) is 46.0 Å². The fourth-order valence-corrected chi connectivity index (χ4v) is 3.32. The highest BCUT2D eigenvalue weighted by Crippen LogP contribution is 2.48. The lowest BCUT2D eigenvalue weighted by atomic mass is 9.99. The molecule has 0 bridgehead atoms. The zero-order valence-corrected chi connectivity index (χ0v) is 18.5. The van der Waals surface area contributed by atoms with E-state index in [1.165, 1.54) is 11.1 Å². The largest absolute Gasteiger partial charge is 0.505 e. The van der Waals surface area contributed by atoms with Crippen molar-refractivity contribution in [2.24, 2.45) is 5.92 Å². The SMILES string of the molecule is CCC/C=C/c1c(O)c(O)c(C/C=C(\C)CCC=C(C)C)c(O)c1NC1CC1C. The fourth-order valence-electron chi connectivity index (χ4n) is 3.32. The van der Waals surface area contributed by atoms with Crippen LogP contribution in [0.25, 0.3) is 6.08 Å². The van der Waals surface area contributed by atoms with Gasteiger partial charge >= 0.3 is 0 Å². The maximum absolute atomic E-state index is 10.9. The van der Waals surface area contributed by atoms with Crippen LogP contribution in [0.5, 0.6) is 17.2 Å². The number of aromatic hydroxyl groups is 3. The molecule has 160 valence electrons. The molecule has 0 radical (unpaired) electrons. The molecular weight excluding hydrogens is 362 g/mol. The highest BCUT2D eigenvalue weighted by atomic mass is 16.3. The molecule has 2 unspecified atom stereocenters. The molecule has 4 nitrogen and oxygen atoms in total. The molecule has 0 amide bonds. The minimum absolute atomic E-state index is 0.0314. The highest BCUT2D eigenvalue weighted by Gasteiger charge is 2.34. The third kappa shape index (κ3) is 6.31. The van der Waals surface area contributed by atoms with Gasteiger partial charge in [-0.3, -0.25) is 0 Å². The molecule has 0 heterocycles. The highest BCUT2D eigenvalue weighted by molar-refractivity contribution is 5.82. The van der Waals surface area contributed by atoms with Gasteiger partial charge in [0.15, 0.2) is 11.5 Å². The van der Waals surface area contributed by atoms with E-state index in [-0.39, 0.29) is 23.3 Å². The quantitative estimate of drug-likeness (QED) is 0.201. The molecule has 2 atom stereocenters. The van der Waals surface area contributed by atoms with Gasteiger partial charge in [0.1, 0.15) is 5.75 Å². The number of phenolic OH excluding ortho intramolecular Hbond substituents is 3. The Morgan fingerprint density at radius 3 is 2.31 bits per heavy atom. The van der Waals surface area contributed by atoms with Gasteiger partial charge in [-0.05, 0) is 58.8 Å². The number of unbranched alkanes of at least 4 members (excludes halogenated alkanes) is 1. The topological polar surface area (TPSA) is 72.7 Å². The first kappa shape index (κ1) is 22.9. The lowest BCUT2D eigenvalue weighted by Gasteiger charge is -2.18. The molecule has 0 aliphatic heterocycles. The van der Waals surface area contributed by atoms with E-state index in [4.69, 9.17) is 0 Å². The van der Waals surface area contributed by atoms with Gasteiger partial charge in [-0.15, -0.1) is 0 Å². The average molecular weight is 400 g/mol. The minimum atomic E-state index is -0.235. The predicted octanol–water partition coefficient (Wildman–Crippen LogP) is 6.67. The van der Waals surface area contributed by atoms with Crippen molar-refractivity contribution < 1.29 is 15.3 Å². The summed E-state index contributed by atoms with van der Waals surface area (Å²) in [5, 5.41) is 35.6. The Balaban J connectivity index is 2.33. The second kappa shape index (κ2) is 10.4. The molecule has 2 rings (SSSR count). The number of allylic oxidation sites excluding steroid dienone is 5. The number of nitrogens with one attached hydrogen (secondary N) is 1. The van der Waals surface area contributed by atoms with Crippen molar-refractivity contribution in [1.82, 2.24) is 0 Å². The second-order valence-electron chi connectivity index (χ2n) is 8.54. The Morgan fingerprint density at radius 1 is 1.03 bits per heavy atom. The summed E-state index contributed by atoms with van der Waals surface area (Å²) in [6.07, 6.45) is 13.2. The zero-order chi connectivity index (χ0) is 21.6. The first-order valence-corrected chi connectivity index (χ1v) is 10.8. The Hall–Kier alpha value is -2.36. The van der Waals surface area contributed by atoms with Crippen molar-refractivity contribution in [1.29, 1.82) is 0 Å². The summed E-state index contributed by atoms with van der Waals surface area (Å²) < 4.78 is 0. The molecule has 0 saturated heterocycles. The van der Waals surface area contributed by atoms with Gasteiger partial charge in [-0.25, -0.2) is 0 Å². The molecule has 1 aromatic rings. The molecular formula is C25H37NO3. The van der Waals surface area contributed by atoms with Gasteiger partial charge in [-0.2, -0.15) is 0 Å². The van der Waals surface area contributed by atoms with Crippen LogP contribution in [0.2, 0.25) is 0 Å². The molecule has 0 spiro atoms. The van der Waals surface area contributed by atoms with Crippen molar-refractivity contribution in [3.8, 4) is 17.2 Å². The third-order valence-electron chi connectivity index (χ3n) is 5.48. The van der Waals surface area contributed by atoms with E-state index in [0.717, 1.165) is 32.1 Å². The smallest absolute Gasteiger partial charge is 0.167 e. The minimum Gasteiger partial charge on any atom is -0.505 e. The second-order valence-corrected chi connectivity index (χ2v) is 8.54. The number of benzene rings is 1. The molecule has 29 heavy (non-hydrogen) atoms. The summed E-state index contributed by atoms with van der Waals surface area (Å²) in [5.41, 5.74) is 3.84. The fraction of sp³-hybridized carbons (Fsp3) is 0.520. The van der Waals surface area contributed by atoms with Crippen LogP contribution in [0.15, 0.2) is 29.4 Å². The Kier molecular flexibility index (Phi) is 8.24. The van der Waals surface area contributed by atoms with Crippen LogP contribution < -0.4 is 5.32 Å². The van der Waals surface area contributed by atoms with E-state index >= 15 is 0 Å². The van der Waals surface area contributed by atoms with Crippen molar-refractivity contribution in [3.05, 3.63) is 40.5 Å². The number of anilines is 1. The summed E-state index contributed by atoms with van der Waals surface area (Å²) in [4.78, 5) is 0. The van der Waals surface area contributed by atoms with Gasteiger partial charge in [0.05, 0.1) is 5.69 Å². The van der Waals surface area contributed by atoms with Crippen LogP contribution in [0.4, 0.5) is 5.69 Å². The maximum atomic E-state index is 10.9. The summed E-state index contributed by atoms with van der Waals surface area (Å²) in [6.45, 7) is 10.5. The normalized spacial score (nSPS) is 18.9. The summed E-state index contributed by atoms with van der Waals surface area (Å²) >= 11 is 0. The van der Waals surface area contributed by atoms with Crippen LogP contribution >= 0.6 is 0 Å². The standard InChI is InChI=1S/C25H37NO3/c1-6-7-8-12-19-22(26-21-15-18(21)5)23(27)20(25(29)24(19)28)14-13-17(4)11-9-10-16(2)3/h8,10,12-13,18,21,26-29H,6-7,9,11,14-15H2,1-5H3/b12-8+,17-13+. The van der Waals surface area contributed by atoms with Crippen molar-refractivity contribution >= 4 is 11.8 Å². The molecule has 0 aromatic heterocycles. The number of rotatable bonds is 10. The molecule has 1 aliphatic carbocycles. The summed E-state index contributed by atoms with van der Waals surface area (Å²) in [6, 6.07) is 0.289. The molecule has 4 N–H and O–H groups in total. The Labute approximate surface area is 175 Å². The third-order valence-corrected chi connectivity index (χ3v) is 5.48. The molecule has 1 aliphatic rings. The van der Waals surface area contributed by atoms with Gasteiger partial charge < -0.3 is 20.6 Å². The van der Waals surface area contributed by atoms with E-state index in [0.29, 0.717) is 29.2 Å². The van der Waals surface area contributed by atoms with Crippen LogP contribution in [0.3, 0.4) is 0 Å². The molecule has 1 aromatic carbocycles. The van der Waals surface area contributed by atoms with Gasteiger partial charge in [0.2, 0.25) is 0 Å².